The highest BCUT2D eigenvalue weighted by molar-refractivity contribution is 5.83. The Balaban J connectivity index is 1.93. The van der Waals surface area contributed by atoms with E-state index >= 15 is 0 Å². The molecular formula is C21H16F2N2. The summed E-state index contributed by atoms with van der Waals surface area (Å²) < 4.78 is 29.0. The van der Waals surface area contributed by atoms with Gasteiger partial charge in [-0.25, -0.2) is 13.8 Å². The number of rotatable bonds is 3. The maximum absolute atomic E-state index is 13.5. The average Bonchev–Trinajstić information content (AvgIpc) is 3.01. The predicted molar refractivity (Wildman–Crippen MR) is 96.1 cm³/mol. The maximum Gasteiger partial charge on any atom is 0.270 e. The van der Waals surface area contributed by atoms with Crippen LogP contribution in [-0.2, 0) is 5.92 Å². The molecule has 124 valence electrons. The van der Waals surface area contributed by atoms with Crippen molar-refractivity contribution in [2.75, 3.05) is 0 Å². The van der Waals surface area contributed by atoms with Crippen molar-refractivity contribution < 1.29 is 8.78 Å². The first-order valence-electron chi connectivity index (χ1n) is 8.06. The molecule has 25 heavy (non-hydrogen) atoms. The van der Waals surface area contributed by atoms with Crippen LogP contribution in [-0.4, -0.2) is 9.55 Å². The van der Waals surface area contributed by atoms with Crippen LogP contribution in [0.15, 0.2) is 78.9 Å². The molecule has 0 aliphatic heterocycles. The van der Waals surface area contributed by atoms with Gasteiger partial charge in [0.05, 0.1) is 11.0 Å². The van der Waals surface area contributed by atoms with E-state index in [1.54, 1.807) is 12.1 Å². The Morgan fingerprint density at radius 1 is 0.800 bits per heavy atom. The van der Waals surface area contributed by atoms with Gasteiger partial charge in [-0.3, -0.25) is 4.57 Å². The van der Waals surface area contributed by atoms with Crippen LogP contribution in [0.25, 0.3) is 28.1 Å². The van der Waals surface area contributed by atoms with E-state index in [0.29, 0.717) is 0 Å². The van der Waals surface area contributed by atoms with Gasteiger partial charge < -0.3 is 0 Å². The molecular weight excluding hydrogens is 318 g/mol. The molecule has 0 saturated heterocycles. The molecule has 0 aliphatic rings. The summed E-state index contributed by atoms with van der Waals surface area (Å²) in [5, 5.41) is 0. The van der Waals surface area contributed by atoms with Crippen molar-refractivity contribution >= 4 is 11.0 Å². The summed E-state index contributed by atoms with van der Waals surface area (Å²) in [6, 6.07) is 24.1. The maximum atomic E-state index is 13.5. The topological polar surface area (TPSA) is 17.8 Å². The van der Waals surface area contributed by atoms with Gasteiger partial charge >= 0.3 is 0 Å². The number of nitrogens with zero attached hydrogens (tertiary/aromatic N) is 2. The van der Waals surface area contributed by atoms with Crippen molar-refractivity contribution in [2.45, 2.75) is 12.8 Å². The Labute approximate surface area is 144 Å². The Morgan fingerprint density at radius 3 is 2.12 bits per heavy atom. The minimum absolute atomic E-state index is 0.00128. The summed E-state index contributed by atoms with van der Waals surface area (Å²) in [6.07, 6.45) is 0. The number of alkyl halides is 2. The first kappa shape index (κ1) is 15.5. The van der Waals surface area contributed by atoms with E-state index in [9.17, 15) is 8.78 Å². The van der Waals surface area contributed by atoms with E-state index in [4.69, 9.17) is 4.98 Å². The standard InChI is InChI=1S/C21H16F2N2/c1-21(22,23)16-13-11-15(12-14-16)20-24-18-9-5-6-10-19(18)25(20)17-7-3-2-4-8-17/h2-14H,1H3. The molecule has 0 unspecified atom stereocenters. The highest BCUT2D eigenvalue weighted by Gasteiger charge is 2.24. The SMILES string of the molecule is CC(F)(F)c1ccc(-c2nc3ccccc3n2-c2ccccc2)cc1. The molecule has 0 amide bonds. The molecule has 0 spiro atoms. The van der Waals surface area contributed by atoms with Gasteiger partial charge in [-0.05, 0) is 24.3 Å². The van der Waals surface area contributed by atoms with Gasteiger partial charge in [-0.1, -0.05) is 54.6 Å². The first-order chi connectivity index (χ1) is 12.0. The number of hydrogen-bond donors (Lipinski definition) is 0. The van der Waals surface area contributed by atoms with Gasteiger partial charge in [0.15, 0.2) is 0 Å². The second-order valence-corrected chi connectivity index (χ2v) is 6.06. The van der Waals surface area contributed by atoms with E-state index in [1.807, 2.05) is 54.6 Å². The van der Waals surface area contributed by atoms with Crippen molar-refractivity contribution in [3.63, 3.8) is 0 Å². The highest BCUT2D eigenvalue weighted by Crippen LogP contribution is 2.31. The van der Waals surface area contributed by atoms with Gasteiger partial charge in [-0.15, -0.1) is 0 Å². The third-order valence-corrected chi connectivity index (χ3v) is 4.23. The van der Waals surface area contributed by atoms with E-state index in [-0.39, 0.29) is 5.56 Å². The van der Waals surface area contributed by atoms with Crippen LogP contribution in [0.2, 0.25) is 0 Å². The number of fused-ring (bicyclic) bond motifs is 1. The lowest BCUT2D eigenvalue weighted by atomic mass is 10.1. The normalized spacial score (nSPS) is 11.8. The summed E-state index contributed by atoms with van der Waals surface area (Å²) in [6.45, 7) is 0.904. The van der Waals surface area contributed by atoms with Crippen molar-refractivity contribution in [2.24, 2.45) is 0 Å². The lowest BCUT2D eigenvalue weighted by molar-refractivity contribution is 0.0175. The lowest BCUT2D eigenvalue weighted by Crippen LogP contribution is -2.06. The fourth-order valence-corrected chi connectivity index (χ4v) is 2.97. The number of para-hydroxylation sites is 3. The predicted octanol–water partition coefficient (Wildman–Crippen LogP) is 5.80. The van der Waals surface area contributed by atoms with Crippen LogP contribution < -0.4 is 0 Å². The first-order valence-corrected chi connectivity index (χ1v) is 8.06. The molecule has 4 heteroatoms. The Kier molecular flexibility index (Phi) is 3.61. The fraction of sp³-hybridized carbons (Fsp3) is 0.0952. The van der Waals surface area contributed by atoms with Crippen LogP contribution in [0.4, 0.5) is 8.78 Å². The van der Waals surface area contributed by atoms with Crippen LogP contribution >= 0.6 is 0 Å². The number of halogens is 2. The third kappa shape index (κ3) is 2.80. The summed E-state index contributed by atoms with van der Waals surface area (Å²) in [5.41, 5.74) is 3.63. The van der Waals surface area contributed by atoms with Gasteiger partial charge in [-0.2, -0.15) is 0 Å². The largest absolute Gasteiger partial charge is 0.292 e. The Morgan fingerprint density at radius 2 is 1.44 bits per heavy atom. The van der Waals surface area contributed by atoms with Crippen LogP contribution in [0.1, 0.15) is 12.5 Å². The molecule has 1 aromatic heterocycles. The molecule has 0 N–H and O–H groups in total. The molecule has 0 aliphatic carbocycles. The van der Waals surface area contributed by atoms with Crippen LogP contribution in [0.5, 0.6) is 0 Å². The number of aromatic nitrogens is 2. The Hall–Kier alpha value is -3.01. The molecule has 3 aromatic carbocycles. The number of benzene rings is 3. The van der Waals surface area contributed by atoms with Gasteiger partial charge in [0.1, 0.15) is 5.82 Å². The van der Waals surface area contributed by atoms with E-state index in [1.165, 1.54) is 12.1 Å². The van der Waals surface area contributed by atoms with Crippen molar-refractivity contribution in [1.82, 2.24) is 9.55 Å². The van der Waals surface area contributed by atoms with Gasteiger partial charge in [0, 0.05) is 23.7 Å². The molecule has 0 radical (unpaired) electrons. The molecule has 2 nitrogen and oxygen atoms in total. The number of imidazole rings is 1. The van der Waals surface area contributed by atoms with Gasteiger partial charge in [0.25, 0.3) is 5.92 Å². The molecule has 0 fully saturated rings. The second kappa shape index (κ2) is 5.81. The fourth-order valence-electron chi connectivity index (χ4n) is 2.97. The molecule has 0 saturated carbocycles. The van der Waals surface area contributed by atoms with Crippen molar-refractivity contribution in [3.05, 3.63) is 84.4 Å². The monoisotopic (exact) mass is 334 g/mol. The van der Waals surface area contributed by atoms with E-state index in [0.717, 1.165) is 35.0 Å². The van der Waals surface area contributed by atoms with Crippen LogP contribution in [0, 0.1) is 0 Å². The molecule has 1 heterocycles. The second-order valence-electron chi connectivity index (χ2n) is 6.06. The quantitative estimate of drug-likeness (QED) is 0.463. The third-order valence-electron chi connectivity index (χ3n) is 4.23. The molecule has 4 aromatic rings. The summed E-state index contributed by atoms with van der Waals surface area (Å²) in [4.78, 5) is 4.73. The zero-order valence-corrected chi connectivity index (χ0v) is 13.7. The highest BCUT2D eigenvalue weighted by atomic mass is 19.3. The summed E-state index contributed by atoms with van der Waals surface area (Å²) >= 11 is 0. The van der Waals surface area contributed by atoms with Crippen LogP contribution in [0.3, 0.4) is 0 Å². The molecule has 0 bridgehead atoms. The minimum Gasteiger partial charge on any atom is -0.292 e. The van der Waals surface area contributed by atoms with Gasteiger partial charge in [0.2, 0.25) is 0 Å². The zero-order chi connectivity index (χ0) is 17.4. The molecule has 0 atom stereocenters. The average molecular weight is 334 g/mol. The zero-order valence-electron chi connectivity index (χ0n) is 13.7. The van der Waals surface area contributed by atoms with Crippen molar-refractivity contribution in [1.29, 1.82) is 0 Å². The smallest absolute Gasteiger partial charge is 0.270 e. The van der Waals surface area contributed by atoms with Crippen molar-refractivity contribution in [3.8, 4) is 17.1 Å². The summed E-state index contributed by atoms with van der Waals surface area (Å²) in [7, 11) is 0. The lowest BCUT2D eigenvalue weighted by Gasteiger charge is -2.12. The Bertz CT molecular complexity index is 1010. The summed E-state index contributed by atoms with van der Waals surface area (Å²) in [5.74, 6) is -2.11. The minimum atomic E-state index is -2.85. The number of hydrogen-bond acceptors (Lipinski definition) is 1. The van der Waals surface area contributed by atoms with E-state index in [2.05, 4.69) is 4.57 Å². The molecule has 4 rings (SSSR count). The van der Waals surface area contributed by atoms with E-state index < -0.39 is 5.92 Å².